The van der Waals surface area contributed by atoms with Crippen molar-refractivity contribution in [3.63, 3.8) is 0 Å². The summed E-state index contributed by atoms with van der Waals surface area (Å²) in [5.41, 5.74) is 0.709. The largest absolute Gasteiger partial charge is 0.476 e. The minimum atomic E-state index is -4.71. The lowest BCUT2D eigenvalue weighted by Crippen LogP contribution is -2.52. The molecule has 1 atom stereocenters. The Morgan fingerprint density at radius 1 is 1.00 bits per heavy atom. The van der Waals surface area contributed by atoms with E-state index in [0.717, 1.165) is 0 Å². The first-order valence-corrected chi connectivity index (χ1v) is 10.2. The molecule has 7 nitrogen and oxygen atoms in total. The van der Waals surface area contributed by atoms with Crippen molar-refractivity contribution in [1.29, 1.82) is 0 Å². The molecule has 1 aromatic heterocycles. The quantitative estimate of drug-likeness (QED) is 0.604. The number of rotatable bonds is 2. The van der Waals surface area contributed by atoms with Crippen LogP contribution in [0.15, 0.2) is 48.5 Å². The molecule has 3 aromatic rings. The summed E-state index contributed by atoms with van der Waals surface area (Å²) in [6, 6.07) is 13.4. The molecule has 1 fully saturated rings. The van der Waals surface area contributed by atoms with Gasteiger partial charge in [-0.05, 0) is 24.3 Å². The first-order chi connectivity index (χ1) is 15.4. The number of hydrogen-bond acceptors (Lipinski definition) is 6. The number of ether oxygens (including phenoxy) is 2. The smallest absolute Gasteiger partial charge is 0.451 e. The summed E-state index contributed by atoms with van der Waals surface area (Å²) in [6.07, 6.45) is -5.61. The van der Waals surface area contributed by atoms with Gasteiger partial charge in [0.25, 0.3) is 5.91 Å². The van der Waals surface area contributed by atoms with Crippen molar-refractivity contribution < 1.29 is 27.4 Å². The molecule has 0 saturated carbocycles. The molecule has 0 N–H and O–H groups in total. The molecule has 2 aliphatic rings. The number of hydrogen-bond donors (Lipinski definition) is 0. The van der Waals surface area contributed by atoms with Gasteiger partial charge in [0.05, 0.1) is 31.0 Å². The third-order valence-electron chi connectivity index (χ3n) is 5.46. The van der Waals surface area contributed by atoms with Crippen LogP contribution >= 0.6 is 0 Å². The maximum atomic E-state index is 13.6. The number of aromatic nitrogens is 2. The maximum Gasteiger partial charge on any atom is 0.451 e. The number of carbonyl (C=O) groups is 1. The van der Waals surface area contributed by atoms with Gasteiger partial charge in [0.2, 0.25) is 5.82 Å². The van der Waals surface area contributed by atoms with Crippen molar-refractivity contribution in [3.8, 4) is 5.75 Å². The highest BCUT2D eigenvalue weighted by Gasteiger charge is 2.39. The van der Waals surface area contributed by atoms with Crippen LogP contribution in [0.25, 0.3) is 10.9 Å². The van der Waals surface area contributed by atoms with Crippen LogP contribution < -0.4 is 9.64 Å². The van der Waals surface area contributed by atoms with E-state index in [1.54, 1.807) is 52.3 Å². The van der Waals surface area contributed by atoms with Crippen molar-refractivity contribution >= 4 is 28.3 Å². The first-order valence-electron chi connectivity index (χ1n) is 10.2. The Balaban J connectivity index is 1.62. The molecular formula is C22H19F3N4O3. The van der Waals surface area contributed by atoms with Crippen molar-refractivity contribution in [2.45, 2.75) is 12.3 Å². The van der Waals surface area contributed by atoms with Crippen molar-refractivity contribution in [3.05, 3.63) is 54.4 Å². The Hall–Kier alpha value is -3.40. The van der Waals surface area contributed by atoms with Crippen LogP contribution in [0.4, 0.5) is 24.7 Å². The number of fused-ring (bicyclic) bond motifs is 2. The molecule has 5 rings (SSSR count). The van der Waals surface area contributed by atoms with E-state index in [4.69, 9.17) is 9.47 Å². The summed E-state index contributed by atoms with van der Waals surface area (Å²) >= 11 is 0. The Bertz CT molecular complexity index is 1160. The lowest BCUT2D eigenvalue weighted by Gasteiger charge is -2.38. The molecular weight excluding hydrogens is 425 g/mol. The highest BCUT2D eigenvalue weighted by Crippen LogP contribution is 2.41. The van der Waals surface area contributed by atoms with E-state index in [0.29, 0.717) is 43.1 Å². The zero-order valence-electron chi connectivity index (χ0n) is 16.9. The number of amides is 1. The molecule has 0 aliphatic carbocycles. The minimum Gasteiger partial charge on any atom is -0.476 e. The SMILES string of the molecule is O=C([C@H]1CN(c2nc(C(F)(F)F)nc3ccccc23)c2ccccc2O1)N1CCOCC1. The average molecular weight is 444 g/mol. The summed E-state index contributed by atoms with van der Waals surface area (Å²) < 4.78 is 52.0. The molecule has 1 amide bonds. The summed E-state index contributed by atoms with van der Waals surface area (Å²) in [4.78, 5) is 24.0. The zero-order chi connectivity index (χ0) is 22.3. The normalized spacial score (nSPS) is 18.9. The van der Waals surface area contributed by atoms with Gasteiger partial charge in [0, 0.05) is 18.5 Å². The van der Waals surface area contributed by atoms with Gasteiger partial charge < -0.3 is 19.3 Å². The monoisotopic (exact) mass is 444 g/mol. The fourth-order valence-electron chi connectivity index (χ4n) is 3.94. The van der Waals surface area contributed by atoms with E-state index in [-0.39, 0.29) is 23.8 Å². The fourth-order valence-corrected chi connectivity index (χ4v) is 3.94. The summed E-state index contributed by atoms with van der Waals surface area (Å²) in [5, 5.41) is 0.453. The lowest BCUT2D eigenvalue weighted by atomic mass is 10.1. The van der Waals surface area contributed by atoms with Gasteiger partial charge in [-0.1, -0.05) is 24.3 Å². The van der Waals surface area contributed by atoms with Gasteiger partial charge in [-0.3, -0.25) is 4.79 Å². The number of carbonyl (C=O) groups excluding carboxylic acids is 1. The van der Waals surface area contributed by atoms with Gasteiger partial charge in [0.15, 0.2) is 6.10 Å². The van der Waals surface area contributed by atoms with Gasteiger partial charge in [-0.15, -0.1) is 0 Å². The van der Waals surface area contributed by atoms with Gasteiger partial charge in [-0.2, -0.15) is 13.2 Å². The molecule has 32 heavy (non-hydrogen) atoms. The number of anilines is 2. The zero-order valence-corrected chi connectivity index (χ0v) is 16.9. The van der Waals surface area contributed by atoms with Crippen LogP contribution in [0, 0.1) is 0 Å². The van der Waals surface area contributed by atoms with E-state index in [1.165, 1.54) is 6.07 Å². The van der Waals surface area contributed by atoms with E-state index < -0.39 is 18.1 Å². The molecule has 1 saturated heterocycles. The summed E-state index contributed by atoms with van der Waals surface area (Å²) in [6.45, 7) is 1.77. The van der Waals surface area contributed by atoms with E-state index >= 15 is 0 Å². The van der Waals surface area contributed by atoms with Crippen molar-refractivity contribution in [2.24, 2.45) is 0 Å². The Morgan fingerprint density at radius 3 is 2.50 bits per heavy atom. The topological polar surface area (TPSA) is 67.8 Å². The minimum absolute atomic E-state index is 0.0194. The Morgan fingerprint density at radius 2 is 1.72 bits per heavy atom. The van der Waals surface area contributed by atoms with Gasteiger partial charge >= 0.3 is 6.18 Å². The molecule has 0 bridgehead atoms. The first kappa shape index (κ1) is 20.5. The Labute approximate surface area is 181 Å². The highest BCUT2D eigenvalue weighted by atomic mass is 19.4. The predicted octanol–water partition coefficient (Wildman–Crippen LogP) is 3.41. The van der Waals surface area contributed by atoms with E-state index in [9.17, 15) is 18.0 Å². The number of alkyl halides is 3. The molecule has 10 heteroatoms. The number of para-hydroxylation sites is 3. The second kappa shape index (κ2) is 7.94. The van der Waals surface area contributed by atoms with Crippen molar-refractivity contribution in [2.75, 3.05) is 37.7 Å². The molecule has 0 unspecified atom stereocenters. The second-order valence-electron chi connectivity index (χ2n) is 7.51. The van der Waals surface area contributed by atoms with Crippen molar-refractivity contribution in [1.82, 2.24) is 14.9 Å². The average Bonchev–Trinajstić information content (AvgIpc) is 2.82. The highest BCUT2D eigenvalue weighted by molar-refractivity contribution is 5.93. The number of morpholine rings is 1. The van der Waals surface area contributed by atoms with Crippen LogP contribution in [-0.2, 0) is 15.7 Å². The Kier molecular flexibility index (Phi) is 5.09. The van der Waals surface area contributed by atoms with Crippen LogP contribution in [0.1, 0.15) is 5.82 Å². The van der Waals surface area contributed by atoms with Crippen LogP contribution in [0.2, 0.25) is 0 Å². The second-order valence-corrected chi connectivity index (χ2v) is 7.51. The molecule has 2 aliphatic heterocycles. The third-order valence-corrected chi connectivity index (χ3v) is 5.46. The predicted molar refractivity (Wildman–Crippen MR) is 110 cm³/mol. The van der Waals surface area contributed by atoms with Crippen LogP contribution in [0.3, 0.4) is 0 Å². The molecule has 0 radical (unpaired) electrons. The molecule has 3 heterocycles. The number of halogens is 3. The molecule has 166 valence electrons. The number of nitrogens with zero attached hydrogens (tertiary/aromatic N) is 4. The van der Waals surface area contributed by atoms with E-state index in [1.807, 2.05) is 0 Å². The fraction of sp³-hybridized carbons (Fsp3) is 0.318. The van der Waals surface area contributed by atoms with Gasteiger partial charge in [-0.25, -0.2) is 9.97 Å². The number of benzene rings is 2. The standard InChI is InChI=1S/C22H19F3N4O3/c23-22(24,25)21-26-15-6-2-1-5-14(15)19(27-21)29-13-18(20(30)28-9-11-31-12-10-28)32-17-8-4-3-7-16(17)29/h1-8,18H,9-13H2/t18-/m1/s1. The van der Waals surface area contributed by atoms with E-state index in [2.05, 4.69) is 9.97 Å². The van der Waals surface area contributed by atoms with Gasteiger partial charge in [0.1, 0.15) is 11.6 Å². The summed E-state index contributed by atoms with van der Waals surface area (Å²) in [7, 11) is 0. The molecule has 0 spiro atoms. The third kappa shape index (κ3) is 3.70. The van der Waals surface area contributed by atoms with Crippen LogP contribution in [0.5, 0.6) is 5.75 Å². The van der Waals surface area contributed by atoms with Crippen LogP contribution in [-0.4, -0.2) is 59.7 Å². The lowest BCUT2D eigenvalue weighted by molar-refractivity contribution is -0.145. The summed E-state index contributed by atoms with van der Waals surface area (Å²) in [5.74, 6) is -0.978. The molecule has 2 aromatic carbocycles. The maximum absolute atomic E-state index is 13.6.